The third-order valence-electron chi connectivity index (χ3n) is 3.76. The van der Waals surface area contributed by atoms with Gasteiger partial charge in [0.25, 0.3) is 11.5 Å². The topological polar surface area (TPSA) is 64.4 Å². The lowest BCUT2D eigenvalue weighted by atomic mass is 10.1. The first-order valence-corrected chi connectivity index (χ1v) is 8.45. The molecule has 0 bridgehead atoms. The van der Waals surface area contributed by atoms with Gasteiger partial charge >= 0.3 is 0 Å². The first-order chi connectivity index (χ1) is 11.9. The molecule has 2 aromatic rings. The van der Waals surface area contributed by atoms with Crippen LogP contribution in [0.4, 0.5) is 0 Å². The fraction of sp³-hybridized carbons (Fsp3) is 0.421. The van der Waals surface area contributed by atoms with Gasteiger partial charge in [-0.25, -0.2) is 4.68 Å². The fourth-order valence-corrected chi connectivity index (χ4v) is 2.55. The van der Waals surface area contributed by atoms with Gasteiger partial charge in [0.2, 0.25) is 0 Å². The molecule has 0 N–H and O–H groups in total. The molecule has 1 aromatic carbocycles. The number of ether oxygens (including phenoxy) is 1. The number of carbonyl (C=O) groups is 1. The summed E-state index contributed by atoms with van der Waals surface area (Å²) in [5.41, 5.74) is 2.35. The van der Waals surface area contributed by atoms with E-state index < -0.39 is 0 Å². The van der Waals surface area contributed by atoms with E-state index >= 15 is 0 Å². The summed E-state index contributed by atoms with van der Waals surface area (Å²) in [4.78, 5) is 25.7. The van der Waals surface area contributed by atoms with E-state index in [2.05, 4.69) is 11.2 Å². The molecule has 0 atom stereocenters. The van der Waals surface area contributed by atoms with Gasteiger partial charge in [-0.05, 0) is 49.6 Å². The van der Waals surface area contributed by atoms with Gasteiger partial charge in [-0.15, -0.1) is 0 Å². The van der Waals surface area contributed by atoms with Crippen molar-refractivity contribution in [3.05, 3.63) is 57.5 Å². The van der Waals surface area contributed by atoms with E-state index in [-0.39, 0.29) is 17.2 Å². The lowest BCUT2D eigenvalue weighted by Crippen LogP contribution is -2.33. The van der Waals surface area contributed by atoms with Gasteiger partial charge in [0.1, 0.15) is 18.1 Å². The Morgan fingerprint density at radius 1 is 1.20 bits per heavy atom. The minimum absolute atomic E-state index is 0.195. The first kappa shape index (κ1) is 18.7. The molecule has 0 aliphatic rings. The van der Waals surface area contributed by atoms with E-state index in [9.17, 15) is 9.59 Å². The van der Waals surface area contributed by atoms with E-state index in [0.29, 0.717) is 19.7 Å². The second-order valence-electron chi connectivity index (χ2n) is 6.18. The quantitative estimate of drug-likeness (QED) is 0.774. The summed E-state index contributed by atoms with van der Waals surface area (Å²) in [6, 6.07) is 8.88. The molecule has 0 spiro atoms. The number of aromatic nitrogens is 2. The molecule has 1 amide bonds. The van der Waals surface area contributed by atoms with Gasteiger partial charge in [-0.1, -0.05) is 13.0 Å². The van der Waals surface area contributed by atoms with Crippen LogP contribution in [0.3, 0.4) is 0 Å². The fourth-order valence-electron chi connectivity index (χ4n) is 2.55. The van der Waals surface area contributed by atoms with Gasteiger partial charge < -0.3 is 9.64 Å². The second-order valence-corrected chi connectivity index (χ2v) is 6.18. The highest BCUT2D eigenvalue weighted by Gasteiger charge is 2.14. The highest BCUT2D eigenvalue weighted by Crippen LogP contribution is 2.16. The molecule has 25 heavy (non-hydrogen) atoms. The first-order valence-electron chi connectivity index (χ1n) is 8.45. The molecule has 1 heterocycles. The Morgan fingerprint density at radius 3 is 2.52 bits per heavy atom. The van der Waals surface area contributed by atoms with Crippen molar-refractivity contribution < 1.29 is 9.53 Å². The predicted octanol–water partition coefficient (Wildman–Crippen LogP) is 2.42. The molecule has 0 radical (unpaired) electrons. The van der Waals surface area contributed by atoms with Gasteiger partial charge in [-0.2, -0.15) is 5.10 Å². The third-order valence-corrected chi connectivity index (χ3v) is 3.76. The van der Waals surface area contributed by atoms with Gasteiger partial charge in [0, 0.05) is 19.7 Å². The van der Waals surface area contributed by atoms with Crippen LogP contribution in [-0.2, 0) is 6.54 Å². The molecule has 6 nitrogen and oxygen atoms in total. The minimum Gasteiger partial charge on any atom is -0.492 e. The van der Waals surface area contributed by atoms with Crippen molar-refractivity contribution in [3.8, 4) is 5.75 Å². The molecule has 0 saturated carbocycles. The summed E-state index contributed by atoms with van der Waals surface area (Å²) in [5.74, 6) is 0.571. The molecule has 0 aliphatic carbocycles. The molecule has 2 rings (SSSR count). The van der Waals surface area contributed by atoms with Crippen molar-refractivity contribution in [1.29, 1.82) is 0 Å². The lowest BCUT2D eigenvalue weighted by molar-refractivity contribution is 0.0765. The average Bonchev–Trinajstić information content (AvgIpc) is 2.55. The summed E-state index contributed by atoms with van der Waals surface area (Å²) < 4.78 is 7.06. The van der Waals surface area contributed by atoms with Crippen molar-refractivity contribution in [2.75, 3.05) is 20.2 Å². The Hall–Kier alpha value is -2.63. The Kier molecular flexibility index (Phi) is 6.33. The zero-order valence-corrected chi connectivity index (χ0v) is 15.3. The molecule has 0 aliphatic heterocycles. The Labute approximate surface area is 148 Å². The molecule has 134 valence electrons. The lowest BCUT2D eigenvalue weighted by Gasteiger charge is -2.17. The Balaban J connectivity index is 1.96. The van der Waals surface area contributed by atoms with Crippen LogP contribution in [0.2, 0.25) is 0 Å². The van der Waals surface area contributed by atoms with Crippen molar-refractivity contribution in [2.24, 2.45) is 0 Å². The molecule has 0 fully saturated rings. The van der Waals surface area contributed by atoms with Crippen LogP contribution in [-0.4, -0.2) is 40.8 Å². The maximum atomic E-state index is 12.5. The van der Waals surface area contributed by atoms with Crippen LogP contribution >= 0.6 is 0 Å². The maximum Gasteiger partial charge on any atom is 0.274 e. The van der Waals surface area contributed by atoms with Crippen LogP contribution < -0.4 is 10.3 Å². The largest absolute Gasteiger partial charge is 0.492 e. The zero-order chi connectivity index (χ0) is 18.4. The molecular formula is C19H25N3O3. The van der Waals surface area contributed by atoms with Crippen LogP contribution in [0.15, 0.2) is 35.1 Å². The van der Waals surface area contributed by atoms with Gasteiger partial charge in [0.15, 0.2) is 0 Å². The van der Waals surface area contributed by atoms with Gasteiger partial charge in [-0.3, -0.25) is 9.59 Å². The van der Waals surface area contributed by atoms with Crippen molar-refractivity contribution in [1.82, 2.24) is 14.7 Å². The summed E-state index contributed by atoms with van der Waals surface area (Å²) in [7, 11) is 1.70. The number of hydrogen-bond acceptors (Lipinski definition) is 4. The van der Waals surface area contributed by atoms with Crippen molar-refractivity contribution in [3.63, 3.8) is 0 Å². The highest BCUT2D eigenvalue weighted by molar-refractivity contribution is 5.91. The zero-order valence-electron chi connectivity index (χ0n) is 15.3. The van der Waals surface area contributed by atoms with Crippen LogP contribution in [0, 0.1) is 13.8 Å². The Bertz CT molecular complexity index is 778. The number of carbonyl (C=O) groups excluding carboxylic acids is 1. The van der Waals surface area contributed by atoms with E-state index in [4.69, 9.17) is 4.74 Å². The number of amides is 1. The summed E-state index contributed by atoms with van der Waals surface area (Å²) in [5, 5.41) is 4.14. The number of aryl methyl sites for hydroxylation is 3. The Morgan fingerprint density at radius 2 is 1.88 bits per heavy atom. The van der Waals surface area contributed by atoms with Crippen molar-refractivity contribution in [2.45, 2.75) is 33.7 Å². The number of hydrogen-bond donors (Lipinski definition) is 0. The van der Waals surface area contributed by atoms with E-state index in [0.717, 1.165) is 23.3 Å². The van der Waals surface area contributed by atoms with Gasteiger partial charge in [0.05, 0.1) is 6.54 Å². The summed E-state index contributed by atoms with van der Waals surface area (Å²) >= 11 is 0. The number of likely N-dealkylation sites (N-methyl/N-ethyl adjacent to an activating group) is 1. The molecule has 1 aromatic heterocycles. The average molecular weight is 343 g/mol. The number of benzene rings is 1. The normalized spacial score (nSPS) is 10.6. The minimum atomic E-state index is -0.228. The maximum absolute atomic E-state index is 12.5. The number of nitrogens with zero attached hydrogens (tertiary/aromatic N) is 3. The molecule has 0 saturated heterocycles. The van der Waals surface area contributed by atoms with E-state index in [1.54, 1.807) is 11.9 Å². The standard InChI is InChI=1S/C19H25N3O3/c1-5-8-22-18(23)7-6-17(20-22)19(24)21(4)9-10-25-16-12-14(2)11-15(3)13-16/h6-7,11-13H,5,8-10H2,1-4H3. The van der Waals surface area contributed by atoms with Crippen molar-refractivity contribution >= 4 is 5.91 Å². The van der Waals surface area contributed by atoms with Crippen LogP contribution in [0.1, 0.15) is 35.0 Å². The smallest absolute Gasteiger partial charge is 0.274 e. The monoisotopic (exact) mass is 343 g/mol. The highest BCUT2D eigenvalue weighted by atomic mass is 16.5. The SMILES string of the molecule is CCCn1nc(C(=O)N(C)CCOc2cc(C)cc(C)c2)ccc1=O. The van der Waals surface area contributed by atoms with E-state index in [1.165, 1.54) is 16.8 Å². The summed E-state index contributed by atoms with van der Waals surface area (Å²) in [6.45, 7) is 7.32. The third kappa shape index (κ3) is 5.17. The molecule has 6 heteroatoms. The number of rotatable bonds is 7. The summed E-state index contributed by atoms with van der Waals surface area (Å²) in [6.07, 6.45) is 0.782. The second kappa shape index (κ2) is 8.46. The van der Waals surface area contributed by atoms with Crippen LogP contribution in [0.5, 0.6) is 5.75 Å². The van der Waals surface area contributed by atoms with E-state index in [1.807, 2.05) is 32.9 Å². The molecular weight excluding hydrogens is 318 g/mol. The molecule has 0 unspecified atom stereocenters. The predicted molar refractivity (Wildman–Crippen MR) is 97.2 cm³/mol. The van der Waals surface area contributed by atoms with Crippen LogP contribution in [0.25, 0.3) is 0 Å².